The van der Waals surface area contributed by atoms with Crippen molar-refractivity contribution in [3.05, 3.63) is 216 Å². The Morgan fingerprint density at radius 2 is 1.23 bits per heavy atom. The van der Waals surface area contributed by atoms with E-state index in [1.807, 2.05) is 53.1 Å². The van der Waals surface area contributed by atoms with Gasteiger partial charge in [-0.25, -0.2) is 4.98 Å². The van der Waals surface area contributed by atoms with Gasteiger partial charge in [-0.3, -0.25) is 0 Å². The Balaban J connectivity index is 0.00000736. The van der Waals surface area contributed by atoms with E-state index in [4.69, 9.17) is 17.9 Å². The van der Waals surface area contributed by atoms with Gasteiger partial charge in [-0.05, 0) is 133 Å². The molecule has 2 aliphatic rings. The Bertz CT molecular complexity index is 4310. The Kier molecular flexibility index (Phi) is 11.4. The molecule has 0 unspecified atom stereocenters. The minimum absolute atomic E-state index is 0. The molecular weight excluding hydrogens is 1130 g/mol. The quantitative estimate of drug-likeness (QED) is 0.112. The van der Waals surface area contributed by atoms with Crippen molar-refractivity contribution in [2.75, 3.05) is 0 Å². The third-order valence-corrected chi connectivity index (χ3v) is 16.0. The second-order valence-corrected chi connectivity index (χ2v) is 24.4. The predicted octanol–water partition coefficient (Wildman–Crippen LogP) is 19.0. The van der Waals surface area contributed by atoms with Crippen LogP contribution in [0.25, 0.3) is 61.0 Å². The molecule has 2 aromatic heterocycles. The molecule has 0 radical (unpaired) electrons. The van der Waals surface area contributed by atoms with Crippen molar-refractivity contribution in [2.24, 2.45) is 0 Å². The number of nitrogens with zero attached hydrogens (tertiary/aromatic N) is 4. The molecule has 1 aliphatic heterocycles. The van der Waals surface area contributed by atoms with Gasteiger partial charge in [0.25, 0.3) is 11.4 Å². The third-order valence-electron chi connectivity index (χ3n) is 16.0. The molecule has 0 atom stereocenters. The van der Waals surface area contributed by atoms with Crippen LogP contribution >= 0.6 is 0 Å². The minimum atomic E-state index is -2.53. The van der Waals surface area contributed by atoms with Crippen LogP contribution in [0, 0.1) is 25.8 Å². The summed E-state index contributed by atoms with van der Waals surface area (Å²) in [5, 5.41) is 1.51. The van der Waals surface area contributed by atoms with Gasteiger partial charge in [0.1, 0.15) is 11.5 Å². The van der Waals surface area contributed by atoms with Crippen LogP contribution in [-0.2, 0) is 42.7 Å². The summed E-state index contributed by atoms with van der Waals surface area (Å²) in [6.45, 7) is 17.7. The molecule has 10 aromatic rings. The fourth-order valence-corrected chi connectivity index (χ4v) is 11.4. The summed E-state index contributed by atoms with van der Waals surface area (Å²) in [4.78, 5) is 5.02. The molecule has 3 heterocycles. The van der Waals surface area contributed by atoms with Crippen molar-refractivity contribution in [1.82, 2.24) is 18.7 Å². The van der Waals surface area contributed by atoms with Gasteiger partial charge < -0.3 is 9.30 Å². The van der Waals surface area contributed by atoms with Crippen LogP contribution in [0.15, 0.2) is 170 Å². The average Bonchev–Trinajstić information content (AvgIpc) is 3.32. The van der Waals surface area contributed by atoms with Crippen molar-refractivity contribution >= 4 is 50.6 Å². The average molecular weight is 1210 g/mol. The number of aryl methyl sites for hydroxylation is 2. The molecule has 0 N–H and O–H groups in total. The molecule has 0 saturated carbocycles. The number of rotatable bonds is 8. The number of benzene rings is 8. The van der Waals surface area contributed by atoms with Gasteiger partial charge >= 0.3 is 27.1 Å². The molecule has 8 aromatic carbocycles. The monoisotopic (exact) mass is 1210 g/mol. The second kappa shape index (κ2) is 19.5. The zero-order chi connectivity index (χ0) is 58.8. The summed E-state index contributed by atoms with van der Waals surface area (Å²) >= 11 is 0. The predicted molar refractivity (Wildman–Crippen MR) is 322 cm³/mol. The van der Waals surface area contributed by atoms with E-state index in [2.05, 4.69) is 183 Å². The van der Waals surface area contributed by atoms with E-state index in [0.717, 1.165) is 68.5 Å². The molecule has 12 rings (SSSR count). The van der Waals surface area contributed by atoms with Gasteiger partial charge in [0.15, 0.2) is 0 Å². The standard InChI is InChI=1S/C72H68N4O.Pt/c1-46-28-31-58-59-32-30-55(43-66(59)76(65(58)36-46)67-37-47(2)60(44-73-67)49-29-33-61-62(40-49)72(11,12)35-34-71(61,9)10)77-54-23-18-22-53(42-54)74-45-75(64-27-17-16-26-63(64)74)68-56(48-20-14-13-15-21-48)24-19-25-57(68)50-38-51(69(3,4)5)41-52(39-50)70(6,7)8;/h13-33,36-41,44H,34-35H2,1-12H3;/q;+2/i1D3,2D3;. The van der Waals surface area contributed by atoms with Crippen LogP contribution in [0.4, 0.5) is 22.7 Å². The number of pyridine rings is 1. The molecule has 6 heteroatoms. The number of para-hydroxylation sites is 3. The van der Waals surface area contributed by atoms with Crippen LogP contribution in [-0.4, -0.2) is 15.6 Å². The first kappa shape index (κ1) is 45.6. The molecule has 5 nitrogen and oxygen atoms in total. The zero-order valence-electron chi connectivity index (χ0n) is 52.1. The Labute approximate surface area is 484 Å². The van der Waals surface area contributed by atoms with E-state index in [-0.39, 0.29) is 53.9 Å². The number of ether oxygens (including phenoxy) is 1. The van der Waals surface area contributed by atoms with Crippen molar-refractivity contribution in [1.29, 1.82) is 0 Å². The van der Waals surface area contributed by atoms with Crippen LogP contribution in [0.2, 0.25) is 0 Å². The van der Waals surface area contributed by atoms with Gasteiger partial charge in [0, 0.05) is 49.1 Å². The van der Waals surface area contributed by atoms with Crippen molar-refractivity contribution in [3.8, 4) is 50.7 Å². The molecule has 0 spiro atoms. The van der Waals surface area contributed by atoms with Crippen molar-refractivity contribution in [2.45, 2.75) is 117 Å². The van der Waals surface area contributed by atoms with E-state index in [1.165, 1.54) is 22.3 Å². The Hall–Kier alpha value is -7.42. The van der Waals surface area contributed by atoms with Gasteiger partial charge in [0.05, 0.1) is 11.1 Å². The maximum atomic E-state index is 8.91. The maximum absolute atomic E-state index is 8.91. The minimum Gasteiger partial charge on any atom is -0.509 e. The van der Waals surface area contributed by atoms with Gasteiger partial charge in [0.2, 0.25) is 5.69 Å². The topological polar surface area (TPSA) is 33.1 Å². The van der Waals surface area contributed by atoms with Gasteiger partial charge in [-0.1, -0.05) is 189 Å². The molecule has 1 aliphatic carbocycles. The van der Waals surface area contributed by atoms with E-state index in [0.29, 0.717) is 39.6 Å². The van der Waals surface area contributed by atoms with E-state index in [1.54, 1.807) is 35.0 Å². The molecule has 0 saturated heterocycles. The Morgan fingerprint density at radius 1 is 0.577 bits per heavy atom. The number of hydrogen-bond donors (Lipinski definition) is 0. The van der Waals surface area contributed by atoms with Crippen LogP contribution in [0.3, 0.4) is 0 Å². The van der Waals surface area contributed by atoms with E-state index < -0.39 is 13.7 Å². The first-order chi connectivity index (χ1) is 39.1. The molecule has 78 heavy (non-hydrogen) atoms. The smallest absolute Gasteiger partial charge is 0.509 e. The summed E-state index contributed by atoms with van der Waals surface area (Å²) in [5.41, 5.74) is 15.3. The SMILES string of the molecule is [2H]C([2H])([2H])c1ccc2c3ccc(Oc4[c-]c([N+]5=C=[N+](c6c(-c7ccccc7)cccc6-c6cc(C(C)(C)C)cc(C(C)(C)C)c6)c6ccccc65)ccc4)[c-]c3n(-c3cc(C([2H])([2H])[2H])c(-c4ccc5c(c4)C(C)(C)CCC5(C)C)cn3)c2c1.[Pt+2]. The molecule has 0 amide bonds. The first-order valence-electron chi connectivity index (χ1n) is 29.8. The maximum Gasteiger partial charge on any atom is 2.00 e. The summed E-state index contributed by atoms with van der Waals surface area (Å²) in [5.74, 6) is 1.09. The number of fused-ring (bicyclic) bond motifs is 5. The number of aromatic nitrogens is 2. The third kappa shape index (κ3) is 9.40. The van der Waals surface area contributed by atoms with E-state index >= 15 is 0 Å². The molecular formula is C72H68N4OPt+2. The summed E-state index contributed by atoms with van der Waals surface area (Å²) in [7, 11) is 0. The Morgan fingerprint density at radius 3 is 1.94 bits per heavy atom. The molecule has 0 fully saturated rings. The fourth-order valence-electron chi connectivity index (χ4n) is 11.4. The van der Waals surface area contributed by atoms with Crippen LogP contribution in [0.1, 0.15) is 124 Å². The fraction of sp³-hybridized carbons (Fsp3) is 0.250. The van der Waals surface area contributed by atoms with Gasteiger partial charge in [-0.2, -0.15) is 12.1 Å². The number of hydrogen-bond acceptors (Lipinski definition) is 2. The summed E-state index contributed by atoms with van der Waals surface area (Å²) < 4.78 is 64.6. The first-order valence-corrected chi connectivity index (χ1v) is 26.8. The summed E-state index contributed by atoms with van der Waals surface area (Å²) in [6, 6.07) is 65.8. The zero-order valence-corrected chi connectivity index (χ0v) is 48.4. The summed E-state index contributed by atoms with van der Waals surface area (Å²) in [6.07, 6.45) is 3.72. The van der Waals surface area contributed by atoms with Crippen LogP contribution < -0.4 is 13.9 Å². The van der Waals surface area contributed by atoms with Crippen molar-refractivity contribution < 1.29 is 34.0 Å². The van der Waals surface area contributed by atoms with Crippen molar-refractivity contribution in [3.63, 3.8) is 0 Å². The molecule has 390 valence electrons. The molecule has 0 bridgehead atoms. The largest absolute Gasteiger partial charge is 2.00 e. The second-order valence-electron chi connectivity index (χ2n) is 24.4. The van der Waals surface area contributed by atoms with Gasteiger partial charge in [-0.15, -0.1) is 23.6 Å². The van der Waals surface area contributed by atoms with Crippen LogP contribution in [0.5, 0.6) is 11.5 Å². The normalized spacial score (nSPS) is 16.1. The van der Waals surface area contributed by atoms with E-state index in [9.17, 15) is 0 Å².